The Morgan fingerprint density at radius 2 is 2.25 bits per heavy atom. The number of aliphatic hydroxyl groups excluding tert-OH is 1. The highest BCUT2D eigenvalue weighted by atomic mass is 16.6. The van der Waals surface area contributed by atoms with Crippen molar-refractivity contribution in [2.45, 2.75) is 12.9 Å². The number of hydrogen-bond acceptors (Lipinski definition) is 4. The maximum atomic E-state index is 11.9. The summed E-state index contributed by atoms with van der Waals surface area (Å²) in [5.74, 6) is 0. The second-order valence-corrected chi connectivity index (χ2v) is 3.57. The fourth-order valence-corrected chi connectivity index (χ4v) is 1.92. The van der Waals surface area contributed by atoms with Crippen LogP contribution in [-0.2, 0) is 11.3 Å². The molecular weight excluding hydrogens is 212 g/mol. The molecule has 0 fully saturated rings. The molecule has 0 radical (unpaired) electrons. The van der Waals surface area contributed by atoms with Gasteiger partial charge in [0.15, 0.2) is 0 Å². The van der Waals surface area contributed by atoms with E-state index in [-0.39, 0.29) is 29.0 Å². The Balaban J connectivity index is 2.54. The predicted octanol–water partition coefficient (Wildman–Crippen LogP) is 0.423. The van der Waals surface area contributed by atoms with E-state index in [2.05, 4.69) is 0 Å². The number of ether oxygens (including phenoxy) is 1. The van der Waals surface area contributed by atoms with E-state index in [9.17, 15) is 15.2 Å². The second kappa shape index (κ2) is 3.03. The molecule has 2 heterocycles. The van der Waals surface area contributed by atoms with Crippen molar-refractivity contribution in [1.29, 1.82) is 0 Å². The Kier molecular flexibility index (Phi) is 1.77. The first-order valence-electron chi connectivity index (χ1n) is 4.76. The van der Waals surface area contributed by atoms with Crippen LogP contribution in [-0.4, -0.2) is 9.84 Å². The third kappa shape index (κ3) is 1.02. The standard InChI is InChI=1S/C10H8N2O4/c13-10-9-8(5-16-10)11(14)6-3-1-2-4-7(6)12(9)15/h1-4,10,13H,5H2. The number of fused-ring (bicyclic) bond motifs is 2. The van der Waals surface area contributed by atoms with Gasteiger partial charge in [0, 0.05) is 11.0 Å². The lowest BCUT2D eigenvalue weighted by molar-refractivity contribution is -0.487. The van der Waals surface area contributed by atoms with E-state index in [0.717, 1.165) is 0 Å². The molecule has 0 amide bonds. The van der Waals surface area contributed by atoms with E-state index < -0.39 is 6.29 Å². The van der Waals surface area contributed by atoms with Gasteiger partial charge < -0.3 is 19.8 Å². The second-order valence-electron chi connectivity index (χ2n) is 3.57. The SMILES string of the molecule is O=[n+]1c2c(n([O-])c3ccccc31)COC2O. The Morgan fingerprint density at radius 1 is 1.50 bits per heavy atom. The van der Waals surface area contributed by atoms with Gasteiger partial charge in [-0.1, -0.05) is 12.1 Å². The van der Waals surface area contributed by atoms with Crippen molar-refractivity contribution >= 4 is 11.0 Å². The van der Waals surface area contributed by atoms with Crippen molar-refractivity contribution in [3.63, 3.8) is 0 Å². The van der Waals surface area contributed by atoms with E-state index in [1.54, 1.807) is 18.2 Å². The zero-order valence-electron chi connectivity index (χ0n) is 8.16. The van der Waals surface area contributed by atoms with Crippen molar-refractivity contribution in [2.24, 2.45) is 0 Å². The van der Waals surface area contributed by atoms with E-state index in [4.69, 9.17) is 4.74 Å². The van der Waals surface area contributed by atoms with E-state index >= 15 is 0 Å². The summed E-state index contributed by atoms with van der Waals surface area (Å²) in [5, 5.41) is 21.3. The summed E-state index contributed by atoms with van der Waals surface area (Å²) in [7, 11) is 0. The molecule has 1 aromatic heterocycles. The molecule has 6 nitrogen and oxygen atoms in total. The molecule has 6 heteroatoms. The molecule has 3 rings (SSSR count). The van der Waals surface area contributed by atoms with E-state index in [1.165, 1.54) is 6.07 Å². The van der Waals surface area contributed by atoms with Gasteiger partial charge >= 0.3 is 5.69 Å². The Morgan fingerprint density at radius 3 is 3.06 bits per heavy atom. The Bertz CT molecular complexity index is 634. The molecule has 0 spiro atoms. The molecular formula is C10H8N2O4. The average molecular weight is 220 g/mol. The highest BCUT2D eigenvalue weighted by molar-refractivity contribution is 5.72. The minimum absolute atomic E-state index is 0.0197. The van der Waals surface area contributed by atoms with Crippen LogP contribution in [0.4, 0.5) is 0 Å². The lowest BCUT2D eigenvalue weighted by atomic mass is 10.2. The summed E-state index contributed by atoms with van der Waals surface area (Å²) in [6, 6.07) is 6.42. The quantitative estimate of drug-likeness (QED) is 0.652. The summed E-state index contributed by atoms with van der Waals surface area (Å²) >= 11 is 0. The largest absolute Gasteiger partial charge is 0.805 e. The Labute approximate surface area is 89.5 Å². The first kappa shape index (κ1) is 9.32. The zero-order valence-corrected chi connectivity index (χ0v) is 8.16. The molecule has 16 heavy (non-hydrogen) atoms. The van der Waals surface area contributed by atoms with Crippen molar-refractivity contribution in [3.8, 4) is 0 Å². The van der Waals surface area contributed by atoms with Gasteiger partial charge in [-0.2, -0.15) is 0 Å². The molecule has 1 aliphatic rings. The number of nitrogens with zero attached hydrogens (tertiary/aromatic N) is 2. The molecule has 0 saturated carbocycles. The van der Waals surface area contributed by atoms with Crippen LogP contribution < -0.4 is 4.43 Å². The van der Waals surface area contributed by atoms with Gasteiger partial charge in [-0.25, -0.2) is 0 Å². The molecule has 1 aliphatic heterocycles. The molecule has 0 bridgehead atoms. The molecule has 0 aliphatic carbocycles. The van der Waals surface area contributed by atoms with Gasteiger partial charge in [0.05, 0.1) is 11.0 Å². The molecule has 1 aromatic carbocycles. The van der Waals surface area contributed by atoms with Gasteiger partial charge in [0.25, 0.3) is 5.52 Å². The van der Waals surface area contributed by atoms with Crippen molar-refractivity contribution < 1.29 is 14.3 Å². The van der Waals surface area contributed by atoms with Gasteiger partial charge in [0.2, 0.25) is 6.29 Å². The minimum atomic E-state index is -1.32. The number of hydrogen-bond donors (Lipinski definition) is 1. The molecule has 0 saturated heterocycles. The number of aliphatic hydroxyl groups is 1. The fourth-order valence-electron chi connectivity index (χ4n) is 1.92. The van der Waals surface area contributed by atoms with Crippen LogP contribution in [0.15, 0.2) is 24.3 Å². The van der Waals surface area contributed by atoms with Crippen molar-refractivity contribution in [1.82, 2.24) is 4.73 Å². The summed E-state index contributed by atoms with van der Waals surface area (Å²) in [4.78, 5) is 11.9. The Hall–Kier alpha value is -1.92. The van der Waals surface area contributed by atoms with Gasteiger partial charge in [-0.05, 0) is 6.07 Å². The highest BCUT2D eigenvalue weighted by Gasteiger charge is 2.35. The van der Waals surface area contributed by atoms with Crippen molar-refractivity contribution in [2.75, 3.05) is 0 Å². The molecule has 1 atom stereocenters. The summed E-state index contributed by atoms with van der Waals surface area (Å²) < 4.78 is 6.06. The number of para-hydroxylation sites is 2. The monoisotopic (exact) mass is 220 g/mol. The molecule has 2 aromatic rings. The van der Waals surface area contributed by atoms with Crippen LogP contribution >= 0.6 is 0 Å². The topological polar surface area (TPSA) is 80.4 Å². The minimum Gasteiger partial charge on any atom is -0.805 e. The normalized spacial score (nSPS) is 18.9. The number of aromatic nitrogens is 2. The van der Waals surface area contributed by atoms with E-state index in [0.29, 0.717) is 9.16 Å². The maximum absolute atomic E-state index is 11.9. The number of benzene rings is 1. The summed E-state index contributed by atoms with van der Waals surface area (Å²) in [6.07, 6.45) is -1.32. The number of rotatable bonds is 0. The third-order valence-corrected chi connectivity index (χ3v) is 2.69. The van der Waals surface area contributed by atoms with Crippen LogP contribution in [0.2, 0.25) is 0 Å². The van der Waals surface area contributed by atoms with Gasteiger partial charge in [-0.3, -0.25) is 0 Å². The zero-order chi connectivity index (χ0) is 11.3. The third-order valence-electron chi connectivity index (χ3n) is 2.69. The van der Waals surface area contributed by atoms with Crippen LogP contribution in [0.5, 0.6) is 0 Å². The van der Waals surface area contributed by atoms with Crippen LogP contribution in [0.3, 0.4) is 0 Å². The smallest absolute Gasteiger partial charge is 0.317 e. The van der Waals surface area contributed by atoms with Crippen LogP contribution in [0.1, 0.15) is 17.7 Å². The maximum Gasteiger partial charge on any atom is 0.317 e. The molecule has 1 N–H and O–H groups in total. The first-order valence-corrected chi connectivity index (χ1v) is 4.76. The lowest BCUT2D eigenvalue weighted by Gasteiger charge is -2.14. The van der Waals surface area contributed by atoms with Crippen LogP contribution in [0, 0.1) is 10.1 Å². The molecule has 82 valence electrons. The average Bonchev–Trinajstić information content (AvgIpc) is 2.69. The van der Waals surface area contributed by atoms with E-state index in [1.807, 2.05) is 0 Å². The lowest BCUT2D eigenvalue weighted by Crippen LogP contribution is -2.26. The summed E-state index contributed by atoms with van der Waals surface area (Å²) in [6.45, 7) is -0.0485. The highest BCUT2D eigenvalue weighted by Crippen LogP contribution is 2.26. The van der Waals surface area contributed by atoms with Gasteiger partial charge in [-0.15, -0.1) is 0 Å². The van der Waals surface area contributed by atoms with Gasteiger partial charge in [0.1, 0.15) is 11.2 Å². The van der Waals surface area contributed by atoms with Crippen molar-refractivity contribution in [3.05, 3.63) is 45.8 Å². The van der Waals surface area contributed by atoms with Crippen LogP contribution in [0.25, 0.3) is 11.0 Å². The fraction of sp³-hybridized carbons (Fsp3) is 0.200. The predicted molar refractivity (Wildman–Crippen MR) is 53.8 cm³/mol. The summed E-state index contributed by atoms with van der Waals surface area (Å²) in [5.41, 5.74) is 0.643. The first-order chi connectivity index (χ1) is 7.70. The molecule has 1 unspecified atom stereocenters.